The Hall–Kier alpha value is -0.570. The average molecular weight is 171 g/mol. The van der Waals surface area contributed by atoms with Gasteiger partial charge in [0.05, 0.1) is 13.0 Å². The van der Waals surface area contributed by atoms with Crippen LogP contribution in [-0.2, 0) is 9.53 Å². The van der Waals surface area contributed by atoms with E-state index in [4.69, 9.17) is 4.74 Å². The number of carbonyl (C=O) groups is 1. The third-order valence-corrected chi connectivity index (χ3v) is 2.33. The van der Waals surface area contributed by atoms with Crippen molar-refractivity contribution < 1.29 is 9.53 Å². The summed E-state index contributed by atoms with van der Waals surface area (Å²) in [6, 6.07) is 0. The van der Waals surface area contributed by atoms with Crippen molar-refractivity contribution in [2.24, 2.45) is 5.41 Å². The topological polar surface area (TPSA) is 38.3 Å². The zero-order valence-electron chi connectivity index (χ0n) is 7.85. The second-order valence-corrected chi connectivity index (χ2v) is 3.72. The van der Waals surface area contributed by atoms with Crippen molar-refractivity contribution >= 4 is 5.97 Å². The molecular formula is C9H17NO2. The van der Waals surface area contributed by atoms with Gasteiger partial charge in [0.2, 0.25) is 0 Å². The third kappa shape index (κ3) is 2.48. The zero-order valence-corrected chi connectivity index (χ0v) is 7.85. The number of esters is 1. The van der Waals surface area contributed by atoms with Crippen molar-refractivity contribution in [3.63, 3.8) is 0 Å². The van der Waals surface area contributed by atoms with E-state index in [2.05, 4.69) is 12.2 Å². The summed E-state index contributed by atoms with van der Waals surface area (Å²) in [6.45, 7) is 6.42. The van der Waals surface area contributed by atoms with E-state index in [-0.39, 0.29) is 11.4 Å². The molecule has 12 heavy (non-hydrogen) atoms. The lowest BCUT2D eigenvalue weighted by Crippen LogP contribution is -2.24. The third-order valence-electron chi connectivity index (χ3n) is 2.33. The fourth-order valence-electron chi connectivity index (χ4n) is 1.58. The minimum absolute atomic E-state index is 0.0660. The summed E-state index contributed by atoms with van der Waals surface area (Å²) in [5.74, 6) is -0.0660. The summed E-state index contributed by atoms with van der Waals surface area (Å²) in [5.41, 5.74) is 0.131. The largest absolute Gasteiger partial charge is 0.466 e. The van der Waals surface area contributed by atoms with Gasteiger partial charge in [-0.2, -0.15) is 0 Å². The quantitative estimate of drug-likeness (QED) is 0.642. The monoisotopic (exact) mass is 171 g/mol. The highest BCUT2D eigenvalue weighted by Crippen LogP contribution is 2.28. The summed E-state index contributed by atoms with van der Waals surface area (Å²) in [4.78, 5) is 11.2. The molecule has 0 aromatic rings. The summed E-state index contributed by atoms with van der Waals surface area (Å²) < 4.78 is 4.90. The molecule has 0 saturated carbocycles. The SMILES string of the molecule is CCOC(=O)CC1(C)CCNC1. The lowest BCUT2D eigenvalue weighted by atomic mass is 9.86. The maximum atomic E-state index is 11.2. The fourth-order valence-corrected chi connectivity index (χ4v) is 1.58. The van der Waals surface area contributed by atoms with Crippen LogP contribution in [0, 0.1) is 5.41 Å². The Bertz CT molecular complexity index is 162. The molecule has 70 valence electrons. The van der Waals surface area contributed by atoms with E-state index in [9.17, 15) is 4.79 Å². The second-order valence-electron chi connectivity index (χ2n) is 3.72. The van der Waals surface area contributed by atoms with E-state index < -0.39 is 0 Å². The summed E-state index contributed by atoms with van der Waals surface area (Å²) in [5, 5.41) is 3.25. The Balaban J connectivity index is 2.33. The molecule has 1 aliphatic rings. The molecule has 1 fully saturated rings. The van der Waals surface area contributed by atoms with Gasteiger partial charge in [0, 0.05) is 6.54 Å². The van der Waals surface area contributed by atoms with Crippen molar-refractivity contribution in [2.45, 2.75) is 26.7 Å². The van der Waals surface area contributed by atoms with Crippen LogP contribution >= 0.6 is 0 Å². The van der Waals surface area contributed by atoms with Crippen LogP contribution in [0.2, 0.25) is 0 Å². The van der Waals surface area contributed by atoms with Gasteiger partial charge in [-0.25, -0.2) is 0 Å². The molecular weight excluding hydrogens is 154 g/mol. The summed E-state index contributed by atoms with van der Waals surface area (Å²) >= 11 is 0. The van der Waals surface area contributed by atoms with Gasteiger partial charge in [-0.3, -0.25) is 4.79 Å². The van der Waals surface area contributed by atoms with Crippen molar-refractivity contribution in [2.75, 3.05) is 19.7 Å². The molecule has 0 spiro atoms. The molecule has 0 amide bonds. The van der Waals surface area contributed by atoms with Crippen LogP contribution in [0.25, 0.3) is 0 Å². The van der Waals surface area contributed by atoms with E-state index in [1.165, 1.54) is 0 Å². The number of hydrogen-bond acceptors (Lipinski definition) is 3. The van der Waals surface area contributed by atoms with Crippen molar-refractivity contribution in [1.82, 2.24) is 5.32 Å². The molecule has 1 atom stereocenters. The number of hydrogen-bond donors (Lipinski definition) is 1. The molecule has 1 rings (SSSR count). The molecule has 1 N–H and O–H groups in total. The van der Waals surface area contributed by atoms with Gasteiger partial charge in [0.1, 0.15) is 0 Å². The molecule has 1 heterocycles. The van der Waals surface area contributed by atoms with Crippen molar-refractivity contribution in [3.8, 4) is 0 Å². The number of carbonyl (C=O) groups excluding carboxylic acids is 1. The van der Waals surface area contributed by atoms with Gasteiger partial charge in [0.15, 0.2) is 0 Å². The lowest BCUT2D eigenvalue weighted by Gasteiger charge is -2.20. The maximum Gasteiger partial charge on any atom is 0.306 e. The fraction of sp³-hybridized carbons (Fsp3) is 0.889. The first-order valence-electron chi connectivity index (χ1n) is 4.53. The maximum absolute atomic E-state index is 11.2. The molecule has 3 heteroatoms. The van der Waals surface area contributed by atoms with Crippen LogP contribution in [0.3, 0.4) is 0 Å². The number of nitrogens with one attached hydrogen (secondary N) is 1. The molecule has 1 aliphatic heterocycles. The van der Waals surface area contributed by atoms with E-state index in [1.54, 1.807) is 0 Å². The van der Waals surface area contributed by atoms with Crippen molar-refractivity contribution in [3.05, 3.63) is 0 Å². The lowest BCUT2D eigenvalue weighted by molar-refractivity contribution is -0.145. The Labute approximate surface area is 73.5 Å². The van der Waals surface area contributed by atoms with E-state index >= 15 is 0 Å². The predicted octanol–water partition coefficient (Wildman–Crippen LogP) is 0.939. The van der Waals surface area contributed by atoms with Gasteiger partial charge in [-0.15, -0.1) is 0 Å². The minimum atomic E-state index is -0.0660. The predicted molar refractivity (Wildman–Crippen MR) is 46.8 cm³/mol. The van der Waals surface area contributed by atoms with Crippen molar-refractivity contribution in [1.29, 1.82) is 0 Å². The average Bonchev–Trinajstić information content (AvgIpc) is 2.36. The van der Waals surface area contributed by atoms with Crippen LogP contribution in [0.4, 0.5) is 0 Å². The molecule has 0 aromatic carbocycles. The van der Waals surface area contributed by atoms with E-state index in [0.29, 0.717) is 13.0 Å². The van der Waals surface area contributed by atoms with E-state index in [1.807, 2.05) is 6.92 Å². The molecule has 1 unspecified atom stereocenters. The van der Waals surface area contributed by atoms with Gasteiger partial charge < -0.3 is 10.1 Å². The Morgan fingerprint density at radius 3 is 2.92 bits per heavy atom. The zero-order chi connectivity index (χ0) is 9.03. The van der Waals surface area contributed by atoms with Crippen LogP contribution in [0.1, 0.15) is 26.7 Å². The van der Waals surface area contributed by atoms with Crippen LogP contribution in [0.15, 0.2) is 0 Å². The number of rotatable bonds is 3. The van der Waals surface area contributed by atoms with Crippen LogP contribution < -0.4 is 5.32 Å². The Morgan fingerprint density at radius 1 is 1.67 bits per heavy atom. The minimum Gasteiger partial charge on any atom is -0.466 e. The van der Waals surface area contributed by atoms with E-state index in [0.717, 1.165) is 19.5 Å². The van der Waals surface area contributed by atoms with Gasteiger partial charge in [-0.1, -0.05) is 6.92 Å². The highest BCUT2D eigenvalue weighted by molar-refractivity contribution is 5.70. The standard InChI is InChI=1S/C9H17NO2/c1-3-12-8(11)6-9(2)4-5-10-7-9/h10H,3-7H2,1-2H3. The first-order chi connectivity index (χ1) is 5.66. The van der Waals surface area contributed by atoms with Crippen LogP contribution in [-0.4, -0.2) is 25.7 Å². The normalized spacial score (nSPS) is 28.8. The Morgan fingerprint density at radius 2 is 2.42 bits per heavy atom. The highest BCUT2D eigenvalue weighted by Gasteiger charge is 2.31. The molecule has 0 bridgehead atoms. The summed E-state index contributed by atoms with van der Waals surface area (Å²) in [6.07, 6.45) is 1.62. The molecule has 1 saturated heterocycles. The van der Waals surface area contributed by atoms with Gasteiger partial charge >= 0.3 is 5.97 Å². The smallest absolute Gasteiger partial charge is 0.306 e. The second kappa shape index (κ2) is 3.90. The number of ether oxygens (including phenoxy) is 1. The Kier molecular flexibility index (Phi) is 3.09. The first-order valence-corrected chi connectivity index (χ1v) is 4.53. The molecule has 0 aliphatic carbocycles. The van der Waals surface area contributed by atoms with Gasteiger partial charge in [0.25, 0.3) is 0 Å². The van der Waals surface area contributed by atoms with Crippen LogP contribution in [0.5, 0.6) is 0 Å². The molecule has 0 aromatic heterocycles. The summed E-state index contributed by atoms with van der Waals surface area (Å²) in [7, 11) is 0. The highest BCUT2D eigenvalue weighted by atomic mass is 16.5. The first kappa shape index (κ1) is 9.52. The molecule has 3 nitrogen and oxygen atoms in total. The molecule has 0 radical (unpaired) electrons. The van der Waals surface area contributed by atoms with Gasteiger partial charge in [-0.05, 0) is 25.3 Å².